The normalized spacial score (nSPS) is 14.2. The first-order chi connectivity index (χ1) is 17.9. The van der Waals surface area contributed by atoms with E-state index in [0.29, 0.717) is 24.6 Å². The summed E-state index contributed by atoms with van der Waals surface area (Å²) in [5, 5.41) is 2.83. The van der Waals surface area contributed by atoms with Crippen LogP contribution in [0.4, 0.5) is 5.69 Å². The number of amides is 1. The molecule has 0 spiro atoms. The second kappa shape index (κ2) is 12.7. The Balaban J connectivity index is 1.29. The molecule has 3 aromatic carbocycles. The minimum Gasteiger partial charge on any atom is -0.489 e. The lowest BCUT2D eigenvalue weighted by Gasteiger charge is -2.26. The highest BCUT2D eigenvalue weighted by molar-refractivity contribution is 7.92. The summed E-state index contributed by atoms with van der Waals surface area (Å²) >= 11 is 0. The van der Waals surface area contributed by atoms with E-state index < -0.39 is 10.0 Å². The number of hydrogen-bond acceptors (Lipinski definition) is 6. The van der Waals surface area contributed by atoms with Crippen molar-refractivity contribution in [2.75, 3.05) is 43.4 Å². The number of nitrogens with zero attached hydrogens (tertiary/aromatic N) is 2. The SMILES string of the molecule is CS(=O)(=O)N(CC(=O)NCc1ccc(CN2CCOCC2)cc1)c1ccc(OCc2ccccc2)cc1. The van der Waals surface area contributed by atoms with Gasteiger partial charge in [-0.05, 0) is 41.0 Å². The summed E-state index contributed by atoms with van der Waals surface area (Å²) in [6.07, 6.45) is 1.09. The van der Waals surface area contributed by atoms with Gasteiger partial charge in [-0.15, -0.1) is 0 Å². The van der Waals surface area contributed by atoms with E-state index in [1.807, 2.05) is 42.5 Å². The van der Waals surface area contributed by atoms with Crippen LogP contribution in [-0.4, -0.2) is 58.3 Å². The van der Waals surface area contributed by atoms with Crippen LogP contribution < -0.4 is 14.4 Å². The molecule has 0 radical (unpaired) electrons. The number of morpholine rings is 1. The molecule has 0 aromatic heterocycles. The molecular weight excluding hydrogens is 490 g/mol. The van der Waals surface area contributed by atoms with E-state index >= 15 is 0 Å². The van der Waals surface area contributed by atoms with Gasteiger partial charge in [0.15, 0.2) is 0 Å². The fraction of sp³-hybridized carbons (Fsp3) is 0.321. The molecule has 1 amide bonds. The Morgan fingerprint density at radius 3 is 2.22 bits per heavy atom. The number of rotatable bonds is 11. The van der Waals surface area contributed by atoms with Crippen molar-refractivity contribution in [1.82, 2.24) is 10.2 Å². The Bertz CT molecular complexity index is 1240. The van der Waals surface area contributed by atoms with Crippen molar-refractivity contribution in [2.45, 2.75) is 19.7 Å². The van der Waals surface area contributed by atoms with Gasteiger partial charge in [-0.2, -0.15) is 0 Å². The highest BCUT2D eigenvalue weighted by Crippen LogP contribution is 2.22. The second-order valence-electron chi connectivity index (χ2n) is 9.02. The highest BCUT2D eigenvalue weighted by Gasteiger charge is 2.21. The molecule has 4 rings (SSSR count). The molecule has 1 aliphatic rings. The largest absolute Gasteiger partial charge is 0.489 e. The summed E-state index contributed by atoms with van der Waals surface area (Å²) in [5.74, 6) is 0.231. The third-order valence-corrected chi connectivity index (χ3v) is 7.22. The minimum atomic E-state index is -3.67. The van der Waals surface area contributed by atoms with Crippen LogP contribution in [0.3, 0.4) is 0 Å². The number of ether oxygens (including phenoxy) is 2. The maximum absolute atomic E-state index is 12.6. The van der Waals surface area contributed by atoms with Crippen LogP contribution in [0.5, 0.6) is 5.75 Å². The molecule has 1 fully saturated rings. The van der Waals surface area contributed by atoms with Crippen molar-refractivity contribution in [3.63, 3.8) is 0 Å². The van der Waals surface area contributed by atoms with Gasteiger partial charge in [0.25, 0.3) is 0 Å². The smallest absolute Gasteiger partial charge is 0.241 e. The number of benzene rings is 3. The van der Waals surface area contributed by atoms with Crippen LogP contribution in [0.2, 0.25) is 0 Å². The van der Waals surface area contributed by atoms with Gasteiger partial charge in [-0.3, -0.25) is 14.0 Å². The summed E-state index contributed by atoms with van der Waals surface area (Å²) in [6, 6.07) is 24.5. The van der Waals surface area contributed by atoms with E-state index in [1.54, 1.807) is 24.3 Å². The maximum atomic E-state index is 12.6. The van der Waals surface area contributed by atoms with Crippen molar-refractivity contribution in [2.24, 2.45) is 0 Å². The molecule has 0 atom stereocenters. The number of hydrogen-bond donors (Lipinski definition) is 1. The maximum Gasteiger partial charge on any atom is 0.241 e. The summed E-state index contributed by atoms with van der Waals surface area (Å²) < 4.78 is 37.1. The summed E-state index contributed by atoms with van der Waals surface area (Å²) in [4.78, 5) is 15.0. The van der Waals surface area contributed by atoms with Gasteiger partial charge in [-0.25, -0.2) is 8.42 Å². The molecule has 8 nitrogen and oxygen atoms in total. The third-order valence-electron chi connectivity index (χ3n) is 6.08. The number of carbonyl (C=O) groups excluding carboxylic acids is 1. The predicted molar refractivity (Wildman–Crippen MR) is 144 cm³/mol. The molecular formula is C28H33N3O5S. The van der Waals surface area contributed by atoms with Crippen molar-refractivity contribution in [3.05, 3.63) is 95.6 Å². The molecule has 37 heavy (non-hydrogen) atoms. The minimum absolute atomic E-state index is 0.307. The van der Waals surface area contributed by atoms with Gasteiger partial charge < -0.3 is 14.8 Å². The van der Waals surface area contributed by atoms with E-state index in [0.717, 1.165) is 54.5 Å². The van der Waals surface area contributed by atoms with Gasteiger partial charge >= 0.3 is 0 Å². The molecule has 0 unspecified atom stereocenters. The molecule has 0 saturated carbocycles. The fourth-order valence-electron chi connectivity index (χ4n) is 4.02. The Morgan fingerprint density at radius 1 is 0.919 bits per heavy atom. The van der Waals surface area contributed by atoms with Gasteiger partial charge in [0.05, 0.1) is 25.2 Å². The monoisotopic (exact) mass is 523 g/mol. The summed E-state index contributed by atoms with van der Waals surface area (Å²) in [7, 11) is -3.67. The zero-order chi connectivity index (χ0) is 26.1. The van der Waals surface area contributed by atoms with Gasteiger partial charge in [0.1, 0.15) is 18.9 Å². The second-order valence-corrected chi connectivity index (χ2v) is 10.9. The molecule has 196 valence electrons. The highest BCUT2D eigenvalue weighted by atomic mass is 32.2. The first-order valence-electron chi connectivity index (χ1n) is 12.3. The molecule has 0 bridgehead atoms. The van der Waals surface area contributed by atoms with Crippen LogP contribution in [-0.2, 0) is 39.3 Å². The zero-order valence-electron chi connectivity index (χ0n) is 21.0. The van der Waals surface area contributed by atoms with E-state index in [9.17, 15) is 13.2 Å². The zero-order valence-corrected chi connectivity index (χ0v) is 21.8. The first kappa shape index (κ1) is 26.7. The average Bonchev–Trinajstić information content (AvgIpc) is 2.91. The van der Waals surface area contributed by atoms with E-state index in [4.69, 9.17) is 9.47 Å². The molecule has 1 aliphatic heterocycles. The van der Waals surface area contributed by atoms with Gasteiger partial charge in [0.2, 0.25) is 15.9 Å². The number of anilines is 1. The Kier molecular flexibility index (Phi) is 9.16. The third kappa shape index (κ3) is 8.31. The number of carbonyl (C=O) groups is 1. The van der Waals surface area contributed by atoms with E-state index in [1.165, 1.54) is 5.56 Å². The number of sulfonamides is 1. The van der Waals surface area contributed by atoms with Crippen molar-refractivity contribution >= 4 is 21.6 Å². The Hall–Kier alpha value is -3.40. The first-order valence-corrected chi connectivity index (χ1v) is 14.1. The van der Waals surface area contributed by atoms with Crippen molar-refractivity contribution in [1.29, 1.82) is 0 Å². The van der Waals surface area contributed by atoms with E-state index in [-0.39, 0.29) is 12.5 Å². The predicted octanol–water partition coefficient (Wildman–Crippen LogP) is 3.18. The molecule has 0 aliphatic carbocycles. The van der Waals surface area contributed by atoms with Crippen LogP contribution in [0.1, 0.15) is 16.7 Å². The Morgan fingerprint density at radius 2 is 1.57 bits per heavy atom. The molecule has 9 heteroatoms. The Labute approximate surface area is 218 Å². The summed E-state index contributed by atoms with van der Waals surface area (Å²) in [5.41, 5.74) is 3.59. The fourth-order valence-corrected chi connectivity index (χ4v) is 4.87. The van der Waals surface area contributed by atoms with Crippen molar-refractivity contribution < 1.29 is 22.7 Å². The topological polar surface area (TPSA) is 88.2 Å². The molecule has 3 aromatic rings. The molecule has 1 saturated heterocycles. The lowest BCUT2D eigenvalue weighted by molar-refractivity contribution is -0.119. The van der Waals surface area contributed by atoms with E-state index in [2.05, 4.69) is 22.3 Å². The summed E-state index contributed by atoms with van der Waals surface area (Å²) in [6.45, 7) is 4.68. The van der Waals surface area contributed by atoms with Crippen LogP contribution >= 0.6 is 0 Å². The molecule has 1 N–H and O–H groups in total. The van der Waals surface area contributed by atoms with Gasteiger partial charge in [0, 0.05) is 26.2 Å². The van der Waals surface area contributed by atoms with Gasteiger partial charge in [-0.1, -0.05) is 54.6 Å². The quantitative estimate of drug-likeness (QED) is 0.415. The van der Waals surface area contributed by atoms with Crippen LogP contribution in [0, 0.1) is 0 Å². The number of nitrogens with one attached hydrogen (secondary N) is 1. The standard InChI is InChI=1S/C28H33N3O5S/c1-37(33,34)31(26-11-13-27(14-12-26)36-22-25-5-3-2-4-6-25)21-28(32)29-19-23-7-9-24(10-8-23)20-30-15-17-35-18-16-30/h2-14H,15-22H2,1H3,(H,29,32). The lowest BCUT2D eigenvalue weighted by Crippen LogP contribution is -2.40. The lowest BCUT2D eigenvalue weighted by atomic mass is 10.1. The van der Waals surface area contributed by atoms with Crippen LogP contribution in [0.25, 0.3) is 0 Å². The molecule has 1 heterocycles. The van der Waals surface area contributed by atoms with Crippen LogP contribution in [0.15, 0.2) is 78.9 Å². The van der Waals surface area contributed by atoms with Crippen molar-refractivity contribution in [3.8, 4) is 5.75 Å². The average molecular weight is 524 g/mol.